The van der Waals surface area contributed by atoms with E-state index in [0.29, 0.717) is 0 Å². The lowest BCUT2D eigenvalue weighted by molar-refractivity contribution is 0.414. The normalized spacial score (nSPS) is 10.9. The molecule has 0 N–H and O–H groups in total. The van der Waals surface area contributed by atoms with Crippen LogP contribution in [0.15, 0.2) is 47.5 Å². The Morgan fingerprint density at radius 1 is 1.30 bits per heavy atom. The molecule has 102 valence electrons. The summed E-state index contributed by atoms with van der Waals surface area (Å²) in [4.78, 5) is 8.68. The van der Waals surface area contributed by atoms with E-state index < -0.39 is 0 Å². The number of nitrogens with zero attached hydrogens (tertiary/aromatic N) is 3. The average molecular weight is 332 g/mol. The first kappa shape index (κ1) is 13.1. The number of hydrogen-bond acceptors (Lipinski definition) is 3. The van der Waals surface area contributed by atoms with Crippen molar-refractivity contribution in [2.24, 2.45) is 0 Å². The Morgan fingerprint density at radius 3 is 3.05 bits per heavy atom. The van der Waals surface area contributed by atoms with Crippen LogP contribution < -0.4 is 4.74 Å². The standard InChI is InChI=1S/C15H14BrN3O/c1-20-12-4-2-3-11(9-12)5-6-14-18-15(16)13-10-17-7-8-19(13)14/h2-4,7-10H,5-6H2,1H3. The highest BCUT2D eigenvalue weighted by atomic mass is 79.9. The van der Waals surface area contributed by atoms with E-state index in [0.717, 1.165) is 34.5 Å². The van der Waals surface area contributed by atoms with Gasteiger partial charge in [-0.2, -0.15) is 0 Å². The number of imidazole rings is 1. The Hall–Kier alpha value is -1.88. The SMILES string of the molecule is COc1cccc(CCc2nc(Br)c3cnccn23)c1. The number of aryl methyl sites for hydroxylation is 2. The highest BCUT2D eigenvalue weighted by Crippen LogP contribution is 2.19. The molecule has 0 unspecified atom stereocenters. The van der Waals surface area contributed by atoms with Crippen LogP contribution in [0.3, 0.4) is 0 Å². The van der Waals surface area contributed by atoms with Gasteiger partial charge in [0, 0.05) is 18.8 Å². The minimum Gasteiger partial charge on any atom is -0.497 e. The van der Waals surface area contributed by atoms with Crippen LogP contribution in [0.2, 0.25) is 0 Å². The number of benzene rings is 1. The van der Waals surface area contributed by atoms with Gasteiger partial charge in [-0.25, -0.2) is 4.98 Å². The van der Waals surface area contributed by atoms with Gasteiger partial charge in [0.05, 0.1) is 18.8 Å². The van der Waals surface area contributed by atoms with Crippen molar-refractivity contribution in [3.63, 3.8) is 0 Å². The molecular weight excluding hydrogens is 318 g/mol. The molecule has 2 aromatic heterocycles. The number of hydrogen-bond donors (Lipinski definition) is 0. The van der Waals surface area contributed by atoms with Crippen molar-refractivity contribution in [1.29, 1.82) is 0 Å². The molecule has 5 heteroatoms. The van der Waals surface area contributed by atoms with Crippen molar-refractivity contribution in [1.82, 2.24) is 14.4 Å². The van der Waals surface area contributed by atoms with Crippen molar-refractivity contribution >= 4 is 21.4 Å². The van der Waals surface area contributed by atoms with Gasteiger partial charge >= 0.3 is 0 Å². The molecule has 0 saturated carbocycles. The Morgan fingerprint density at radius 2 is 2.20 bits per heavy atom. The zero-order valence-electron chi connectivity index (χ0n) is 11.1. The molecule has 0 saturated heterocycles. The van der Waals surface area contributed by atoms with Gasteiger partial charge in [0.15, 0.2) is 0 Å². The first-order chi connectivity index (χ1) is 9.78. The van der Waals surface area contributed by atoms with Crippen LogP contribution in [0.25, 0.3) is 5.52 Å². The van der Waals surface area contributed by atoms with Crippen molar-refractivity contribution in [2.45, 2.75) is 12.8 Å². The lowest BCUT2D eigenvalue weighted by Crippen LogP contribution is -1.98. The van der Waals surface area contributed by atoms with Crippen LogP contribution in [0.1, 0.15) is 11.4 Å². The van der Waals surface area contributed by atoms with Crippen LogP contribution in [-0.4, -0.2) is 21.5 Å². The second-order valence-corrected chi connectivity index (χ2v) is 5.25. The van der Waals surface area contributed by atoms with Gasteiger partial charge in [-0.15, -0.1) is 0 Å². The van der Waals surface area contributed by atoms with E-state index in [2.05, 4.69) is 42.4 Å². The third-order valence-electron chi connectivity index (χ3n) is 3.25. The minimum atomic E-state index is 0.839. The Labute approximate surface area is 125 Å². The predicted octanol–water partition coefficient (Wildman–Crippen LogP) is 3.29. The van der Waals surface area contributed by atoms with Gasteiger partial charge in [-0.1, -0.05) is 12.1 Å². The first-order valence-electron chi connectivity index (χ1n) is 6.37. The Kier molecular flexibility index (Phi) is 3.69. The van der Waals surface area contributed by atoms with E-state index in [9.17, 15) is 0 Å². The fourth-order valence-corrected chi connectivity index (χ4v) is 2.72. The molecule has 0 amide bonds. The van der Waals surface area contributed by atoms with Crippen LogP contribution in [0.5, 0.6) is 5.75 Å². The van der Waals surface area contributed by atoms with Crippen LogP contribution in [-0.2, 0) is 12.8 Å². The van der Waals surface area contributed by atoms with Crippen LogP contribution in [0, 0.1) is 0 Å². The number of rotatable bonds is 4. The van der Waals surface area contributed by atoms with Gasteiger partial charge in [0.2, 0.25) is 0 Å². The molecule has 4 nitrogen and oxygen atoms in total. The highest BCUT2D eigenvalue weighted by Gasteiger charge is 2.08. The van der Waals surface area contributed by atoms with E-state index in [1.165, 1.54) is 5.56 Å². The second-order valence-electron chi connectivity index (χ2n) is 4.50. The second kappa shape index (κ2) is 5.63. The van der Waals surface area contributed by atoms with E-state index in [-0.39, 0.29) is 0 Å². The third kappa shape index (κ3) is 2.54. The maximum atomic E-state index is 5.24. The fraction of sp³-hybridized carbons (Fsp3) is 0.200. The van der Waals surface area contributed by atoms with E-state index in [1.54, 1.807) is 13.3 Å². The van der Waals surface area contributed by atoms with Gasteiger partial charge in [0.1, 0.15) is 16.2 Å². The topological polar surface area (TPSA) is 39.4 Å². The summed E-state index contributed by atoms with van der Waals surface area (Å²) in [5.41, 5.74) is 2.24. The summed E-state index contributed by atoms with van der Waals surface area (Å²) in [5, 5.41) is 0. The molecule has 0 fully saturated rings. The van der Waals surface area contributed by atoms with Gasteiger partial charge < -0.3 is 4.74 Å². The summed E-state index contributed by atoms with van der Waals surface area (Å²) in [5.74, 6) is 1.91. The quantitative estimate of drug-likeness (QED) is 0.736. The van der Waals surface area contributed by atoms with Gasteiger partial charge in [-0.3, -0.25) is 9.38 Å². The van der Waals surface area contributed by atoms with Crippen molar-refractivity contribution < 1.29 is 4.74 Å². The number of fused-ring (bicyclic) bond motifs is 1. The lowest BCUT2D eigenvalue weighted by atomic mass is 10.1. The largest absolute Gasteiger partial charge is 0.497 e. The number of ether oxygens (including phenoxy) is 1. The van der Waals surface area contributed by atoms with Gasteiger partial charge in [0.25, 0.3) is 0 Å². The Bertz CT molecular complexity index is 739. The summed E-state index contributed by atoms with van der Waals surface area (Å²) in [7, 11) is 1.69. The molecule has 0 bridgehead atoms. The summed E-state index contributed by atoms with van der Waals surface area (Å²) >= 11 is 3.47. The molecular formula is C15H14BrN3O. The molecule has 20 heavy (non-hydrogen) atoms. The molecule has 3 rings (SSSR count). The van der Waals surface area contributed by atoms with Gasteiger partial charge in [-0.05, 0) is 40.0 Å². The molecule has 0 aliphatic carbocycles. The van der Waals surface area contributed by atoms with E-state index in [4.69, 9.17) is 4.74 Å². The molecule has 0 spiro atoms. The maximum absolute atomic E-state index is 5.24. The molecule has 0 atom stereocenters. The molecule has 0 aliphatic heterocycles. The van der Waals surface area contributed by atoms with Crippen molar-refractivity contribution in [3.8, 4) is 5.75 Å². The molecule has 0 radical (unpaired) electrons. The molecule has 0 aliphatic rings. The maximum Gasteiger partial charge on any atom is 0.133 e. The molecule has 3 aromatic rings. The summed E-state index contributed by atoms with van der Waals surface area (Å²) in [6.07, 6.45) is 7.31. The number of methoxy groups -OCH3 is 1. The van der Waals surface area contributed by atoms with E-state index >= 15 is 0 Å². The zero-order chi connectivity index (χ0) is 13.9. The summed E-state index contributed by atoms with van der Waals surface area (Å²) < 4.78 is 8.15. The van der Waals surface area contributed by atoms with Crippen LogP contribution in [0.4, 0.5) is 0 Å². The summed E-state index contributed by atoms with van der Waals surface area (Å²) in [6.45, 7) is 0. The molecule has 1 aromatic carbocycles. The summed E-state index contributed by atoms with van der Waals surface area (Å²) in [6, 6.07) is 8.13. The number of halogens is 1. The third-order valence-corrected chi connectivity index (χ3v) is 3.83. The smallest absolute Gasteiger partial charge is 0.133 e. The highest BCUT2D eigenvalue weighted by molar-refractivity contribution is 9.10. The average Bonchev–Trinajstić information content (AvgIpc) is 2.82. The fourth-order valence-electron chi connectivity index (χ4n) is 2.22. The Balaban J connectivity index is 1.83. The van der Waals surface area contributed by atoms with Crippen LogP contribution >= 0.6 is 15.9 Å². The molecule has 2 heterocycles. The first-order valence-corrected chi connectivity index (χ1v) is 7.16. The predicted molar refractivity (Wildman–Crippen MR) is 81.1 cm³/mol. The minimum absolute atomic E-state index is 0.839. The van der Waals surface area contributed by atoms with E-state index in [1.807, 2.05) is 24.5 Å². The van der Waals surface area contributed by atoms with Crippen molar-refractivity contribution in [3.05, 3.63) is 58.8 Å². The number of aromatic nitrogens is 3. The van der Waals surface area contributed by atoms with Crippen molar-refractivity contribution in [2.75, 3.05) is 7.11 Å². The lowest BCUT2D eigenvalue weighted by Gasteiger charge is -2.04. The monoisotopic (exact) mass is 331 g/mol. The zero-order valence-corrected chi connectivity index (χ0v) is 12.7.